The van der Waals surface area contributed by atoms with Gasteiger partial charge in [0.15, 0.2) is 0 Å². The smallest absolute Gasteiger partial charge is 0.0224 e. The van der Waals surface area contributed by atoms with E-state index in [1.807, 2.05) is 0 Å². The normalized spacial score (nSPS) is 31.7. The Morgan fingerprint density at radius 1 is 0.889 bits per heavy atom. The van der Waals surface area contributed by atoms with E-state index in [0.717, 1.165) is 12.1 Å². The molecule has 0 radical (unpaired) electrons. The molecule has 3 aliphatic rings. The summed E-state index contributed by atoms with van der Waals surface area (Å²) in [5, 5.41) is 3.77. The lowest BCUT2D eigenvalue weighted by atomic mass is 9.95. The van der Waals surface area contributed by atoms with E-state index in [1.54, 1.807) is 0 Å². The van der Waals surface area contributed by atoms with Crippen molar-refractivity contribution in [1.29, 1.82) is 0 Å². The lowest BCUT2D eigenvalue weighted by Gasteiger charge is -2.37. The Hall–Kier alpha value is -0.120. The van der Waals surface area contributed by atoms with E-state index >= 15 is 0 Å². The summed E-state index contributed by atoms with van der Waals surface area (Å²) in [6.45, 7) is 7.76. The van der Waals surface area contributed by atoms with Crippen LogP contribution in [0.4, 0.5) is 0 Å². The van der Waals surface area contributed by atoms with E-state index in [9.17, 15) is 0 Å². The van der Waals surface area contributed by atoms with Crippen molar-refractivity contribution in [2.45, 2.75) is 57.0 Å². The van der Waals surface area contributed by atoms with Gasteiger partial charge in [0.05, 0.1) is 0 Å². The van der Waals surface area contributed by atoms with Crippen molar-refractivity contribution in [3.63, 3.8) is 0 Å². The summed E-state index contributed by atoms with van der Waals surface area (Å²) in [4.78, 5) is 5.38. The third kappa shape index (κ3) is 3.25. The molecule has 0 aromatic heterocycles. The average molecular weight is 251 g/mol. The minimum absolute atomic E-state index is 0.825. The fraction of sp³-hybridized carbons (Fsp3) is 1.00. The minimum Gasteiger partial charge on any atom is -0.313 e. The van der Waals surface area contributed by atoms with E-state index in [0.29, 0.717) is 0 Å². The standard InChI is InChI=1S/C15H29N3/c1-2-5-14(6-3-1)16-8-10-17-11-12-18-9-4-7-15(18)13-17/h14-16H,1-13H2. The fourth-order valence-electron chi connectivity index (χ4n) is 3.99. The summed E-state index contributed by atoms with van der Waals surface area (Å²) in [5.41, 5.74) is 0. The Morgan fingerprint density at radius 2 is 1.78 bits per heavy atom. The molecule has 0 aromatic carbocycles. The van der Waals surface area contributed by atoms with E-state index in [-0.39, 0.29) is 0 Å². The third-order valence-electron chi connectivity index (χ3n) is 5.14. The third-order valence-corrected chi connectivity index (χ3v) is 5.14. The molecule has 3 heteroatoms. The van der Waals surface area contributed by atoms with Crippen LogP contribution in [0.2, 0.25) is 0 Å². The molecule has 0 spiro atoms. The van der Waals surface area contributed by atoms with Gasteiger partial charge in [-0.25, -0.2) is 0 Å². The SMILES string of the molecule is C1CCC(NCCN2CCN3CCCC3C2)CC1. The monoisotopic (exact) mass is 251 g/mol. The Kier molecular flexibility index (Phi) is 4.55. The molecule has 18 heavy (non-hydrogen) atoms. The van der Waals surface area contributed by atoms with Crippen LogP contribution in [0.15, 0.2) is 0 Å². The van der Waals surface area contributed by atoms with Crippen LogP contribution in [0.25, 0.3) is 0 Å². The van der Waals surface area contributed by atoms with Crippen LogP contribution < -0.4 is 5.32 Å². The molecule has 0 amide bonds. The highest BCUT2D eigenvalue weighted by Crippen LogP contribution is 2.21. The van der Waals surface area contributed by atoms with Crippen LogP contribution in [0, 0.1) is 0 Å². The number of rotatable bonds is 4. The van der Waals surface area contributed by atoms with Gasteiger partial charge in [-0.2, -0.15) is 0 Å². The van der Waals surface area contributed by atoms with Crippen LogP contribution in [-0.2, 0) is 0 Å². The molecule has 2 saturated heterocycles. The van der Waals surface area contributed by atoms with Gasteiger partial charge in [-0.1, -0.05) is 19.3 Å². The van der Waals surface area contributed by atoms with E-state index in [4.69, 9.17) is 0 Å². The lowest BCUT2D eigenvalue weighted by Crippen LogP contribution is -2.51. The summed E-state index contributed by atoms with van der Waals surface area (Å²) in [7, 11) is 0. The van der Waals surface area contributed by atoms with E-state index < -0.39 is 0 Å². The summed E-state index contributed by atoms with van der Waals surface area (Å²) >= 11 is 0. The molecule has 1 aliphatic carbocycles. The maximum absolute atomic E-state index is 3.77. The van der Waals surface area contributed by atoms with Crippen LogP contribution in [-0.4, -0.2) is 61.2 Å². The predicted octanol–water partition coefficient (Wildman–Crippen LogP) is 1.69. The second kappa shape index (κ2) is 6.36. The fourth-order valence-corrected chi connectivity index (χ4v) is 3.99. The van der Waals surface area contributed by atoms with Crippen molar-refractivity contribution in [2.24, 2.45) is 0 Å². The van der Waals surface area contributed by atoms with Gasteiger partial charge in [-0.3, -0.25) is 9.80 Å². The van der Waals surface area contributed by atoms with Gasteiger partial charge in [0.25, 0.3) is 0 Å². The first-order chi connectivity index (χ1) is 8.92. The van der Waals surface area contributed by atoms with Gasteiger partial charge < -0.3 is 5.32 Å². The highest BCUT2D eigenvalue weighted by molar-refractivity contribution is 4.87. The molecule has 0 bridgehead atoms. The van der Waals surface area contributed by atoms with Crippen molar-refractivity contribution in [3.05, 3.63) is 0 Å². The number of hydrogen-bond donors (Lipinski definition) is 1. The summed E-state index contributed by atoms with van der Waals surface area (Å²) in [6, 6.07) is 1.71. The molecule has 3 nitrogen and oxygen atoms in total. The number of fused-ring (bicyclic) bond motifs is 1. The largest absolute Gasteiger partial charge is 0.313 e. The maximum atomic E-state index is 3.77. The number of nitrogens with zero attached hydrogens (tertiary/aromatic N) is 2. The van der Waals surface area contributed by atoms with E-state index in [2.05, 4.69) is 15.1 Å². The Labute approximate surface area is 112 Å². The summed E-state index contributed by atoms with van der Waals surface area (Å²) in [6.07, 6.45) is 10.0. The molecular weight excluding hydrogens is 222 g/mol. The van der Waals surface area contributed by atoms with Gasteiger partial charge in [0, 0.05) is 44.8 Å². The molecule has 3 rings (SSSR count). The van der Waals surface area contributed by atoms with Crippen molar-refractivity contribution >= 4 is 0 Å². The first-order valence-electron chi connectivity index (χ1n) is 8.11. The molecular formula is C15H29N3. The number of nitrogens with one attached hydrogen (secondary N) is 1. The zero-order valence-corrected chi connectivity index (χ0v) is 11.7. The Balaban J connectivity index is 1.33. The van der Waals surface area contributed by atoms with Gasteiger partial charge in [-0.05, 0) is 32.2 Å². The Morgan fingerprint density at radius 3 is 2.67 bits per heavy atom. The molecule has 2 heterocycles. The molecule has 1 unspecified atom stereocenters. The number of piperazine rings is 1. The highest BCUT2D eigenvalue weighted by Gasteiger charge is 2.30. The van der Waals surface area contributed by atoms with Gasteiger partial charge in [0.2, 0.25) is 0 Å². The predicted molar refractivity (Wildman–Crippen MR) is 75.9 cm³/mol. The van der Waals surface area contributed by atoms with Crippen molar-refractivity contribution in [2.75, 3.05) is 39.3 Å². The second-order valence-corrected chi connectivity index (χ2v) is 6.42. The van der Waals surface area contributed by atoms with Crippen LogP contribution in [0.3, 0.4) is 0 Å². The molecule has 0 aromatic rings. The van der Waals surface area contributed by atoms with Crippen molar-refractivity contribution in [3.8, 4) is 0 Å². The van der Waals surface area contributed by atoms with Gasteiger partial charge >= 0.3 is 0 Å². The highest BCUT2D eigenvalue weighted by atomic mass is 15.3. The van der Waals surface area contributed by atoms with Crippen molar-refractivity contribution < 1.29 is 0 Å². The van der Waals surface area contributed by atoms with Crippen LogP contribution >= 0.6 is 0 Å². The Bertz CT molecular complexity index is 250. The van der Waals surface area contributed by atoms with Crippen molar-refractivity contribution in [1.82, 2.24) is 15.1 Å². The quantitative estimate of drug-likeness (QED) is 0.820. The van der Waals surface area contributed by atoms with Crippen LogP contribution in [0.5, 0.6) is 0 Å². The topological polar surface area (TPSA) is 18.5 Å². The first-order valence-corrected chi connectivity index (χ1v) is 8.11. The van der Waals surface area contributed by atoms with Gasteiger partial charge in [0.1, 0.15) is 0 Å². The minimum atomic E-state index is 0.825. The zero-order valence-electron chi connectivity index (χ0n) is 11.7. The molecule has 1 atom stereocenters. The molecule has 1 saturated carbocycles. The zero-order chi connectivity index (χ0) is 12.2. The molecule has 104 valence electrons. The number of hydrogen-bond acceptors (Lipinski definition) is 3. The van der Waals surface area contributed by atoms with Gasteiger partial charge in [-0.15, -0.1) is 0 Å². The summed E-state index contributed by atoms with van der Waals surface area (Å²) < 4.78 is 0. The first kappa shape index (κ1) is 12.9. The maximum Gasteiger partial charge on any atom is 0.0224 e. The molecule has 3 fully saturated rings. The summed E-state index contributed by atoms with van der Waals surface area (Å²) in [5.74, 6) is 0. The average Bonchev–Trinajstić information content (AvgIpc) is 2.87. The van der Waals surface area contributed by atoms with Crippen LogP contribution in [0.1, 0.15) is 44.9 Å². The molecule has 2 aliphatic heterocycles. The lowest BCUT2D eigenvalue weighted by molar-refractivity contribution is 0.104. The van der Waals surface area contributed by atoms with E-state index in [1.165, 1.54) is 84.2 Å². The second-order valence-electron chi connectivity index (χ2n) is 6.42. The molecule has 1 N–H and O–H groups in total.